The minimum Gasteiger partial charge on any atom is -0.434 e. The van der Waals surface area contributed by atoms with Crippen molar-refractivity contribution in [1.29, 1.82) is 0 Å². The molecule has 3 aromatic heterocycles. The molecule has 154 valence electrons. The highest BCUT2D eigenvalue weighted by Gasteiger charge is 2.27. The minimum atomic E-state index is -0.422. The van der Waals surface area contributed by atoms with Crippen LogP contribution in [0.4, 0.5) is 5.69 Å². The molecule has 0 bridgehead atoms. The molecule has 30 heavy (non-hydrogen) atoms. The van der Waals surface area contributed by atoms with E-state index in [1.54, 1.807) is 12.4 Å². The predicted molar refractivity (Wildman–Crippen MR) is 117 cm³/mol. The number of carbonyl (C=O) groups is 1. The van der Waals surface area contributed by atoms with Gasteiger partial charge in [0.05, 0.1) is 5.56 Å². The summed E-state index contributed by atoms with van der Waals surface area (Å²) in [7, 11) is 0. The third-order valence-corrected chi connectivity index (χ3v) is 5.20. The molecule has 0 atom stereocenters. The first kappa shape index (κ1) is 19.8. The van der Waals surface area contributed by atoms with Crippen LogP contribution in [0.5, 0.6) is 0 Å². The van der Waals surface area contributed by atoms with Crippen molar-refractivity contribution in [2.75, 3.05) is 5.32 Å². The molecule has 1 amide bonds. The molecule has 0 unspecified atom stereocenters. The number of hydrogen-bond donors (Lipinski definition) is 2. The number of fused-ring (bicyclic) bond motifs is 1. The van der Waals surface area contributed by atoms with E-state index in [1.807, 2.05) is 50.2 Å². The maximum atomic E-state index is 12.8. The van der Waals surface area contributed by atoms with Crippen molar-refractivity contribution < 1.29 is 9.21 Å². The minimum absolute atomic E-state index is 0.0142. The van der Waals surface area contributed by atoms with E-state index in [-0.39, 0.29) is 5.91 Å². The zero-order valence-electron chi connectivity index (χ0n) is 17.4. The molecule has 0 spiro atoms. The summed E-state index contributed by atoms with van der Waals surface area (Å²) in [5, 5.41) is 10.3. The molecule has 1 aromatic carbocycles. The van der Waals surface area contributed by atoms with E-state index in [2.05, 4.69) is 32.4 Å². The topological polar surface area (TPSA) is 96.7 Å². The molecule has 0 saturated heterocycles. The lowest BCUT2D eigenvalue weighted by Gasteiger charge is -2.23. The molecule has 2 N–H and O–H groups in total. The fourth-order valence-electron chi connectivity index (χ4n) is 3.33. The number of unbranched alkanes of at least 4 members (excludes halogenated alkanes) is 1. The first-order valence-corrected chi connectivity index (χ1v) is 10.2. The number of H-pyrrole nitrogens is 1. The Morgan fingerprint density at radius 3 is 2.90 bits per heavy atom. The number of amides is 1. The fraction of sp³-hybridized carbons (Fsp3) is 0.304. The first-order valence-electron chi connectivity index (χ1n) is 10.2. The van der Waals surface area contributed by atoms with Crippen molar-refractivity contribution in [2.45, 2.75) is 40.0 Å². The Kier molecular flexibility index (Phi) is 5.35. The van der Waals surface area contributed by atoms with E-state index < -0.39 is 5.41 Å². The van der Waals surface area contributed by atoms with Gasteiger partial charge in [-0.05, 0) is 30.7 Å². The average Bonchev–Trinajstić information content (AvgIpc) is 3.39. The zero-order chi connectivity index (χ0) is 21.1. The molecule has 0 saturated carbocycles. The lowest BCUT2D eigenvalue weighted by atomic mass is 9.86. The second kappa shape index (κ2) is 8.10. The molecule has 0 aliphatic rings. The summed E-state index contributed by atoms with van der Waals surface area (Å²) in [5.41, 5.74) is 3.77. The Bertz CT molecular complexity index is 1140. The number of pyridine rings is 1. The molecule has 7 heteroatoms. The molecule has 3 heterocycles. The van der Waals surface area contributed by atoms with Crippen molar-refractivity contribution >= 4 is 22.8 Å². The van der Waals surface area contributed by atoms with E-state index in [0.717, 1.165) is 36.1 Å². The summed E-state index contributed by atoms with van der Waals surface area (Å²) in [5.74, 6) is 0.461. The highest BCUT2D eigenvalue weighted by atomic mass is 16.3. The number of oxazole rings is 1. The summed E-state index contributed by atoms with van der Waals surface area (Å²) in [6, 6.07) is 11.3. The van der Waals surface area contributed by atoms with Gasteiger partial charge in [-0.2, -0.15) is 10.1 Å². The van der Waals surface area contributed by atoms with Gasteiger partial charge < -0.3 is 9.73 Å². The van der Waals surface area contributed by atoms with Gasteiger partial charge >= 0.3 is 0 Å². The monoisotopic (exact) mass is 403 g/mol. The van der Waals surface area contributed by atoms with Gasteiger partial charge in [0.25, 0.3) is 0 Å². The second-order valence-corrected chi connectivity index (χ2v) is 8.01. The number of nitrogens with one attached hydrogen (secondary N) is 2. The van der Waals surface area contributed by atoms with Gasteiger partial charge in [0.1, 0.15) is 5.69 Å². The highest BCUT2D eigenvalue weighted by Crippen LogP contribution is 2.33. The van der Waals surface area contributed by atoms with Crippen LogP contribution in [0.25, 0.3) is 33.9 Å². The average molecular weight is 403 g/mol. The van der Waals surface area contributed by atoms with Crippen LogP contribution < -0.4 is 5.32 Å². The molecule has 7 nitrogen and oxygen atoms in total. The summed E-state index contributed by atoms with van der Waals surface area (Å²) in [6.45, 7) is 6.09. The highest BCUT2D eigenvalue weighted by molar-refractivity contribution is 5.95. The number of rotatable bonds is 7. The van der Waals surface area contributed by atoms with Gasteiger partial charge in [0.2, 0.25) is 11.8 Å². The van der Waals surface area contributed by atoms with Gasteiger partial charge in [-0.3, -0.25) is 9.89 Å². The van der Waals surface area contributed by atoms with Crippen LogP contribution in [0, 0.1) is 5.41 Å². The van der Waals surface area contributed by atoms with Crippen LogP contribution in [-0.2, 0) is 4.79 Å². The Morgan fingerprint density at radius 2 is 2.10 bits per heavy atom. The molecular weight excluding hydrogens is 378 g/mol. The Morgan fingerprint density at radius 1 is 1.23 bits per heavy atom. The van der Waals surface area contributed by atoms with Crippen LogP contribution in [0.2, 0.25) is 0 Å². The zero-order valence-corrected chi connectivity index (χ0v) is 17.4. The predicted octanol–water partition coefficient (Wildman–Crippen LogP) is 5.43. The van der Waals surface area contributed by atoms with Crippen LogP contribution in [0.1, 0.15) is 40.0 Å². The smallest absolute Gasteiger partial charge is 0.232 e. The first-order chi connectivity index (χ1) is 14.5. The van der Waals surface area contributed by atoms with Gasteiger partial charge in [0, 0.05) is 29.1 Å². The largest absolute Gasteiger partial charge is 0.434 e. The number of benzene rings is 1. The summed E-state index contributed by atoms with van der Waals surface area (Å²) in [4.78, 5) is 21.4. The van der Waals surface area contributed by atoms with Gasteiger partial charge in [-0.25, -0.2) is 4.98 Å². The standard InChI is InChI=1S/C23H25N5O2/c1-4-5-11-23(2,3)22(29)26-16-9-6-8-15(13-16)19-17(14-25-28-19)21-27-20-18(30-21)10-7-12-24-20/h6-10,12-14H,4-5,11H2,1-3H3,(H,25,28)(H,26,29). The number of aromatic nitrogens is 4. The Hall–Kier alpha value is -3.48. The normalized spacial score (nSPS) is 11.7. The van der Waals surface area contributed by atoms with E-state index in [0.29, 0.717) is 22.8 Å². The second-order valence-electron chi connectivity index (χ2n) is 8.01. The number of aromatic amines is 1. The third-order valence-electron chi connectivity index (χ3n) is 5.20. The molecule has 4 rings (SSSR count). The van der Waals surface area contributed by atoms with Crippen LogP contribution in [0.3, 0.4) is 0 Å². The third kappa shape index (κ3) is 3.96. The van der Waals surface area contributed by atoms with Crippen molar-refractivity contribution in [3.8, 4) is 22.7 Å². The van der Waals surface area contributed by atoms with Gasteiger partial charge in [0.15, 0.2) is 11.2 Å². The van der Waals surface area contributed by atoms with E-state index in [1.165, 1.54) is 0 Å². The van der Waals surface area contributed by atoms with E-state index in [9.17, 15) is 4.79 Å². The number of hydrogen-bond acceptors (Lipinski definition) is 5. The number of nitrogens with zero attached hydrogens (tertiary/aromatic N) is 3. The van der Waals surface area contributed by atoms with Crippen LogP contribution >= 0.6 is 0 Å². The molecule has 4 aromatic rings. The van der Waals surface area contributed by atoms with E-state index >= 15 is 0 Å². The van der Waals surface area contributed by atoms with Crippen LogP contribution in [0.15, 0.2) is 53.2 Å². The molecule has 0 fully saturated rings. The maximum absolute atomic E-state index is 12.8. The van der Waals surface area contributed by atoms with Crippen molar-refractivity contribution in [2.24, 2.45) is 5.41 Å². The van der Waals surface area contributed by atoms with E-state index in [4.69, 9.17) is 4.42 Å². The lowest BCUT2D eigenvalue weighted by molar-refractivity contribution is -0.124. The van der Waals surface area contributed by atoms with Crippen molar-refractivity contribution in [3.63, 3.8) is 0 Å². The lowest BCUT2D eigenvalue weighted by Crippen LogP contribution is -2.30. The molecule has 0 aliphatic heterocycles. The Labute approximate surface area is 174 Å². The maximum Gasteiger partial charge on any atom is 0.232 e. The molecular formula is C23H25N5O2. The SMILES string of the molecule is CCCCC(C)(C)C(=O)Nc1cccc(-c2n[nH]cc2-c2nc3ncccc3o2)c1. The number of anilines is 1. The van der Waals surface area contributed by atoms with Crippen molar-refractivity contribution in [3.05, 3.63) is 48.8 Å². The Balaban J connectivity index is 1.61. The molecule has 0 radical (unpaired) electrons. The number of carbonyl (C=O) groups excluding carboxylic acids is 1. The summed E-state index contributed by atoms with van der Waals surface area (Å²) in [6.07, 6.45) is 6.37. The summed E-state index contributed by atoms with van der Waals surface area (Å²) >= 11 is 0. The molecule has 0 aliphatic carbocycles. The van der Waals surface area contributed by atoms with Gasteiger partial charge in [-0.15, -0.1) is 0 Å². The quantitative estimate of drug-likeness (QED) is 0.428. The summed E-state index contributed by atoms with van der Waals surface area (Å²) < 4.78 is 5.85. The van der Waals surface area contributed by atoms with Gasteiger partial charge in [-0.1, -0.05) is 45.7 Å². The van der Waals surface area contributed by atoms with Crippen LogP contribution in [-0.4, -0.2) is 26.1 Å². The fourth-order valence-corrected chi connectivity index (χ4v) is 3.33. The van der Waals surface area contributed by atoms with Crippen molar-refractivity contribution in [1.82, 2.24) is 20.2 Å².